The molecule has 4 atom stereocenters. The monoisotopic (exact) mass is 574 g/mol. The van der Waals surface area contributed by atoms with Gasteiger partial charge in [0.05, 0.1) is 12.5 Å². The van der Waals surface area contributed by atoms with Crippen LogP contribution in [0.2, 0.25) is 0 Å². The molecule has 40 heavy (non-hydrogen) atoms. The summed E-state index contributed by atoms with van der Waals surface area (Å²) in [5, 5.41) is 35.1. The molecule has 0 radical (unpaired) electrons. The van der Waals surface area contributed by atoms with Crippen LogP contribution in [0.15, 0.2) is 54.6 Å². The van der Waals surface area contributed by atoms with E-state index >= 15 is 0 Å². The lowest BCUT2D eigenvalue weighted by Crippen LogP contribution is -2.58. The van der Waals surface area contributed by atoms with E-state index in [0.717, 1.165) is 5.56 Å². The van der Waals surface area contributed by atoms with Crippen molar-refractivity contribution in [3.05, 3.63) is 65.7 Å². The van der Waals surface area contributed by atoms with Crippen LogP contribution in [-0.2, 0) is 36.8 Å². The van der Waals surface area contributed by atoms with Gasteiger partial charge in [-0.15, -0.1) is 0 Å². The molecule has 0 saturated carbocycles. The Morgan fingerprint density at radius 1 is 0.775 bits per heavy atom. The van der Waals surface area contributed by atoms with E-state index in [1.165, 1.54) is 23.9 Å². The maximum absolute atomic E-state index is 13.4. The number of amides is 3. The number of benzene rings is 2. The highest BCUT2D eigenvalue weighted by atomic mass is 32.2. The topological polar surface area (TPSA) is 208 Å². The van der Waals surface area contributed by atoms with Crippen molar-refractivity contribution in [2.24, 2.45) is 5.73 Å². The number of carboxylic acid groups (broad SMARTS) is 2. The van der Waals surface area contributed by atoms with Gasteiger partial charge < -0.3 is 37.0 Å². The van der Waals surface area contributed by atoms with E-state index in [1.807, 2.05) is 0 Å². The second-order valence-electron chi connectivity index (χ2n) is 9.07. The molecular weight excluding hydrogens is 540 g/mol. The molecule has 2 aromatic rings. The van der Waals surface area contributed by atoms with Crippen molar-refractivity contribution in [3.63, 3.8) is 0 Å². The van der Waals surface area contributed by atoms with E-state index in [9.17, 15) is 34.2 Å². The lowest BCUT2D eigenvalue weighted by Gasteiger charge is -2.25. The Balaban J connectivity index is 2.20. The van der Waals surface area contributed by atoms with Crippen molar-refractivity contribution in [3.8, 4) is 5.75 Å². The van der Waals surface area contributed by atoms with Gasteiger partial charge in [0.25, 0.3) is 0 Å². The van der Waals surface area contributed by atoms with Gasteiger partial charge in [-0.1, -0.05) is 42.5 Å². The Morgan fingerprint density at radius 3 is 1.90 bits per heavy atom. The van der Waals surface area contributed by atoms with Crippen molar-refractivity contribution in [1.82, 2.24) is 16.0 Å². The summed E-state index contributed by atoms with van der Waals surface area (Å²) in [5.41, 5.74) is 7.52. The van der Waals surface area contributed by atoms with Crippen molar-refractivity contribution >= 4 is 41.4 Å². The van der Waals surface area contributed by atoms with Crippen molar-refractivity contribution in [1.29, 1.82) is 0 Å². The van der Waals surface area contributed by atoms with Gasteiger partial charge in [-0.25, -0.2) is 4.79 Å². The molecule has 0 aliphatic heterocycles. The number of rotatable bonds is 16. The van der Waals surface area contributed by atoms with E-state index in [-0.39, 0.29) is 25.0 Å². The number of carbonyl (C=O) groups excluding carboxylic acids is 3. The Bertz CT molecular complexity index is 1160. The molecule has 2 rings (SSSR count). The van der Waals surface area contributed by atoms with Gasteiger partial charge in [-0.3, -0.25) is 19.2 Å². The Morgan fingerprint density at radius 2 is 1.32 bits per heavy atom. The third-order valence-corrected chi connectivity index (χ3v) is 6.53. The lowest BCUT2D eigenvalue weighted by atomic mass is 10.0. The molecular formula is C27H34N4O8S. The molecule has 0 spiro atoms. The van der Waals surface area contributed by atoms with Gasteiger partial charge in [0.1, 0.15) is 23.9 Å². The molecule has 4 unspecified atom stereocenters. The summed E-state index contributed by atoms with van der Waals surface area (Å²) in [7, 11) is 0. The number of aliphatic carboxylic acids is 2. The highest BCUT2D eigenvalue weighted by Gasteiger charge is 2.31. The molecule has 2 aromatic carbocycles. The second-order valence-corrected chi connectivity index (χ2v) is 10.1. The molecule has 0 aliphatic carbocycles. The second kappa shape index (κ2) is 16.1. The smallest absolute Gasteiger partial charge is 0.326 e. The zero-order chi connectivity index (χ0) is 29.7. The van der Waals surface area contributed by atoms with E-state index in [2.05, 4.69) is 16.0 Å². The average Bonchev–Trinajstić information content (AvgIpc) is 2.91. The summed E-state index contributed by atoms with van der Waals surface area (Å²) in [4.78, 5) is 61.7. The van der Waals surface area contributed by atoms with Crippen LogP contribution >= 0.6 is 11.8 Å². The fourth-order valence-corrected chi connectivity index (χ4v) is 4.21. The van der Waals surface area contributed by atoms with Crippen LogP contribution in [-0.4, -0.2) is 81.2 Å². The standard InChI is InChI=1S/C27H34N4O8S/c1-40-12-11-20(25(36)31-22(27(38)39)15-23(33)34)29-26(37)21(14-16-5-3-2-4-6-16)30-24(35)19(28)13-17-7-9-18(32)10-8-17/h2-10,19-22,32H,11-15,28H2,1H3,(H,29,37)(H,30,35)(H,31,36)(H,33,34)(H,38,39). The average molecular weight is 575 g/mol. The molecule has 3 amide bonds. The summed E-state index contributed by atoms with van der Waals surface area (Å²) in [6.07, 6.45) is 1.30. The van der Waals surface area contributed by atoms with Crippen LogP contribution in [0.1, 0.15) is 24.0 Å². The van der Waals surface area contributed by atoms with Gasteiger partial charge >= 0.3 is 11.9 Å². The Hall–Kier alpha value is -4.10. The van der Waals surface area contributed by atoms with Crippen molar-refractivity contribution in [2.45, 2.75) is 49.9 Å². The summed E-state index contributed by atoms with van der Waals surface area (Å²) < 4.78 is 0. The zero-order valence-corrected chi connectivity index (χ0v) is 22.7. The first-order valence-corrected chi connectivity index (χ1v) is 13.8. The molecule has 13 heteroatoms. The maximum atomic E-state index is 13.4. The van der Waals surface area contributed by atoms with E-state index in [4.69, 9.17) is 10.8 Å². The first-order chi connectivity index (χ1) is 19.0. The number of nitrogens with two attached hydrogens (primary N) is 1. The third kappa shape index (κ3) is 10.9. The van der Waals surface area contributed by atoms with Crippen LogP contribution in [0, 0.1) is 0 Å². The van der Waals surface area contributed by atoms with Crippen LogP contribution in [0.3, 0.4) is 0 Å². The molecule has 0 aliphatic rings. The summed E-state index contributed by atoms with van der Waals surface area (Å²) >= 11 is 1.39. The number of hydrogen-bond donors (Lipinski definition) is 7. The van der Waals surface area contributed by atoms with Crippen LogP contribution in [0.5, 0.6) is 5.75 Å². The molecule has 216 valence electrons. The van der Waals surface area contributed by atoms with Gasteiger partial charge in [0, 0.05) is 6.42 Å². The molecule has 0 saturated heterocycles. The Labute approximate surface area is 235 Å². The predicted octanol–water partition coefficient (Wildman–Crippen LogP) is 0.272. The Kier molecular flexibility index (Phi) is 12.9. The van der Waals surface area contributed by atoms with Crippen LogP contribution < -0.4 is 21.7 Å². The highest BCUT2D eigenvalue weighted by Crippen LogP contribution is 2.12. The number of nitrogens with one attached hydrogen (secondary N) is 3. The minimum atomic E-state index is -1.68. The van der Waals surface area contributed by atoms with Gasteiger partial charge in [-0.2, -0.15) is 11.8 Å². The van der Waals surface area contributed by atoms with Crippen LogP contribution in [0.4, 0.5) is 0 Å². The first kappa shape index (κ1) is 32.1. The number of phenols is 1. The normalized spacial score (nSPS) is 13.8. The summed E-state index contributed by atoms with van der Waals surface area (Å²) in [6.45, 7) is 0. The highest BCUT2D eigenvalue weighted by molar-refractivity contribution is 7.98. The van der Waals surface area contributed by atoms with Gasteiger partial charge in [-0.05, 0) is 48.1 Å². The molecule has 8 N–H and O–H groups in total. The molecule has 0 bridgehead atoms. The first-order valence-electron chi connectivity index (χ1n) is 12.4. The van der Waals surface area contributed by atoms with E-state index < -0.39 is 60.2 Å². The van der Waals surface area contributed by atoms with E-state index in [1.54, 1.807) is 48.7 Å². The number of hydrogen-bond acceptors (Lipinski definition) is 8. The number of carboxylic acids is 2. The quantitative estimate of drug-likeness (QED) is 0.146. The molecule has 12 nitrogen and oxygen atoms in total. The van der Waals surface area contributed by atoms with Gasteiger partial charge in [0.15, 0.2) is 0 Å². The molecule has 0 heterocycles. The summed E-state index contributed by atoms with van der Waals surface area (Å²) in [6, 6.07) is 10.1. The SMILES string of the molecule is CSCCC(NC(=O)C(Cc1ccccc1)NC(=O)C(N)Cc1ccc(O)cc1)C(=O)NC(CC(=O)O)C(=O)O. The predicted molar refractivity (Wildman–Crippen MR) is 149 cm³/mol. The van der Waals surface area contributed by atoms with Crippen LogP contribution in [0.25, 0.3) is 0 Å². The third-order valence-electron chi connectivity index (χ3n) is 5.88. The van der Waals surface area contributed by atoms with E-state index in [0.29, 0.717) is 11.3 Å². The minimum absolute atomic E-state index is 0.0686. The largest absolute Gasteiger partial charge is 0.508 e. The number of phenolic OH excluding ortho intramolecular Hbond substituents is 1. The van der Waals surface area contributed by atoms with Gasteiger partial charge in [0.2, 0.25) is 17.7 Å². The zero-order valence-electron chi connectivity index (χ0n) is 21.9. The molecule has 0 aromatic heterocycles. The fourth-order valence-electron chi connectivity index (χ4n) is 3.74. The fraction of sp³-hybridized carbons (Fsp3) is 0.370. The lowest BCUT2D eigenvalue weighted by molar-refractivity contribution is -0.147. The minimum Gasteiger partial charge on any atom is -0.508 e. The summed E-state index contributed by atoms with van der Waals surface area (Å²) in [5.74, 6) is -4.59. The number of thioether (sulfide) groups is 1. The van der Waals surface area contributed by atoms with Crippen molar-refractivity contribution in [2.75, 3.05) is 12.0 Å². The number of carbonyl (C=O) groups is 5. The molecule has 0 fully saturated rings. The van der Waals surface area contributed by atoms with Crippen molar-refractivity contribution < 1.29 is 39.3 Å². The number of aromatic hydroxyl groups is 1. The maximum Gasteiger partial charge on any atom is 0.326 e.